The third-order valence-corrected chi connectivity index (χ3v) is 7.65. The summed E-state index contributed by atoms with van der Waals surface area (Å²) in [6, 6.07) is 22.8. The fraction of sp³-hybridized carbons (Fsp3) is 0.207. The van der Waals surface area contributed by atoms with Gasteiger partial charge in [0.05, 0.1) is 28.4 Å². The molecule has 1 aliphatic heterocycles. The quantitative estimate of drug-likeness (QED) is 0.260. The summed E-state index contributed by atoms with van der Waals surface area (Å²) in [5, 5.41) is 22.3. The number of anilines is 1. The van der Waals surface area contributed by atoms with Crippen molar-refractivity contribution < 1.29 is 9.59 Å². The van der Waals surface area contributed by atoms with Crippen LogP contribution in [0.15, 0.2) is 72.8 Å². The van der Waals surface area contributed by atoms with E-state index >= 15 is 0 Å². The highest BCUT2D eigenvalue weighted by molar-refractivity contribution is 7.18. The predicted octanol–water partition coefficient (Wildman–Crippen LogP) is 5.52. The summed E-state index contributed by atoms with van der Waals surface area (Å²) in [6.07, 6.45) is 0.613. The van der Waals surface area contributed by atoms with Crippen molar-refractivity contribution in [3.05, 3.63) is 95.2 Å². The highest BCUT2D eigenvalue weighted by Gasteiger charge is 2.36. The van der Waals surface area contributed by atoms with E-state index in [0.29, 0.717) is 28.6 Å². The molecule has 0 unspecified atom stereocenters. The molecule has 0 spiro atoms. The van der Waals surface area contributed by atoms with Crippen LogP contribution in [0.3, 0.4) is 0 Å². The summed E-state index contributed by atoms with van der Waals surface area (Å²) in [7, 11) is 0. The van der Waals surface area contributed by atoms with E-state index < -0.39 is 0 Å². The number of nitrogens with zero attached hydrogens (tertiary/aromatic N) is 4. The molecule has 0 radical (unpaired) electrons. The Morgan fingerprint density at radius 3 is 2.34 bits per heavy atom. The molecule has 5 aromatic rings. The molecule has 2 N–H and O–H groups in total. The van der Waals surface area contributed by atoms with E-state index in [1.807, 2.05) is 42.5 Å². The molecule has 0 saturated heterocycles. The zero-order valence-electron chi connectivity index (χ0n) is 21.0. The molecule has 0 fully saturated rings. The molecule has 0 bridgehead atoms. The number of rotatable bonds is 8. The lowest BCUT2D eigenvalue weighted by Crippen LogP contribution is -2.41. The lowest BCUT2D eigenvalue weighted by molar-refractivity contribution is 0.0647. The molecule has 2 amide bonds. The standard InChI is InChI=1S/C29H26N6O2S/c1-17(2)25-23-15-19(12-13-24(23)31-32-25)26-33-34-29(38-26)30-20(14-18-8-4-3-5-9-18)16-35-27(36)21-10-6-7-11-22(21)28(35)37/h3-13,15,17,20H,14,16H2,1-2H3,(H,30,34)(H,31,32)/t20-/m1/s1. The number of H-pyrrole nitrogens is 1. The third-order valence-electron chi connectivity index (χ3n) is 6.74. The summed E-state index contributed by atoms with van der Waals surface area (Å²) >= 11 is 1.44. The second-order valence-corrected chi connectivity index (χ2v) is 10.7. The number of hydrogen-bond donors (Lipinski definition) is 2. The van der Waals surface area contributed by atoms with Crippen LogP contribution < -0.4 is 5.32 Å². The van der Waals surface area contributed by atoms with Gasteiger partial charge in [0.15, 0.2) is 0 Å². The third kappa shape index (κ3) is 4.45. The molecular weight excluding hydrogens is 496 g/mol. The van der Waals surface area contributed by atoms with Crippen LogP contribution in [0.2, 0.25) is 0 Å². The highest BCUT2D eigenvalue weighted by Crippen LogP contribution is 2.32. The molecule has 38 heavy (non-hydrogen) atoms. The Bertz CT molecular complexity index is 1610. The van der Waals surface area contributed by atoms with Crippen molar-refractivity contribution in [3.63, 3.8) is 0 Å². The van der Waals surface area contributed by atoms with Gasteiger partial charge in [0.2, 0.25) is 5.13 Å². The zero-order chi connectivity index (χ0) is 26.2. The van der Waals surface area contributed by atoms with Gasteiger partial charge < -0.3 is 5.32 Å². The average molecular weight is 523 g/mol. The van der Waals surface area contributed by atoms with Gasteiger partial charge in [-0.15, -0.1) is 10.2 Å². The van der Waals surface area contributed by atoms with Gasteiger partial charge in [0, 0.05) is 17.5 Å². The largest absolute Gasteiger partial charge is 0.355 e. The highest BCUT2D eigenvalue weighted by atomic mass is 32.1. The Kier molecular flexibility index (Phi) is 6.21. The minimum absolute atomic E-state index is 0.217. The van der Waals surface area contributed by atoms with Crippen LogP contribution in [0, 0.1) is 0 Å². The van der Waals surface area contributed by atoms with Crippen molar-refractivity contribution in [1.82, 2.24) is 25.3 Å². The fourth-order valence-corrected chi connectivity index (χ4v) is 5.68. The second kappa shape index (κ2) is 9.83. The first-order chi connectivity index (χ1) is 18.5. The van der Waals surface area contributed by atoms with Crippen LogP contribution in [-0.4, -0.2) is 49.7 Å². The first-order valence-electron chi connectivity index (χ1n) is 12.6. The molecule has 2 aromatic heterocycles. The number of aromatic amines is 1. The molecule has 3 aromatic carbocycles. The van der Waals surface area contributed by atoms with Crippen LogP contribution >= 0.6 is 11.3 Å². The van der Waals surface area contributed by atoms with Crippen LogP contribution in [0.25, 0.3) is 21.5 Å². The van der Waals surface area contributed by atoms with Gasteiger partial charge in [-0.1, -0.05) is 67.6 Å². The van der Waals surface area contributed by atoms with Crippen LogP contribution in [0.1, 0.15) is 51.7 Å². The molecular formula is C29H26N6O2S. The first kappa shape index (κ1) is 24.0. The second-order valence-electron chi connectivity index (χ2n) is 9.73. The van der Waals surface area contributed by atoms with Crippen molar-refractivity contribution in [3.8, 4) is 10.6 Å². The maximum atomic E-state index is 13.0. The Morgan fingerprint density at radius 2 is 1.63 bits per heavy atom. The molecule has 0 saturated carbocycles. The summed E-state index contributed by atoms with van der Waals surface area (Å²) in [4.78, 5) is 27.4. The van der Waals surface area contributed by atoms with E-state index in [1.165, 1.54) is 16.2 Å². The van der Waals surface area contributed by atoms with Gasteiger partial charge in [-0.05, 0) is 48.2 Å². The topological polar surface area (TPSA) is 104 Å². The molecule has 3 heterocycles. The monoisotopic (exact) mass is 522 g/mol. The van der Waals surface area contributed by atoms with Crippen molar-refractivity contribution in [2.24, 2.45) is 0 Å². The van der Waals surface area contributed by atoms with Gasteiger partial charge >= 0.3 is 0 Å². The number of nitrogens with one attached hydrogen (secondary N) is 2. The minimum Gasteiger partial charge on any atom is -0.355 e. The van der Waals surface area contributed by atoms with Gasteiger partial charge in [-0.2, -0.15) is 5.10 Å². The smallest absolute Gasteiger partial charge is 0.261 e. The number of aromatic nitrogens is 4. The molecule has 1 aliphatic rings. The van der Waals surface area contributed by atoms with Crippen molar-refractivity contribution in [2.45, 2.75) is 32.2 Å². The Labute approximate surface area is 223 Å². The molecule has 9 heteroatoms. The number of carbonyl (C=O) groups excluding carboxylic acids is 2. The number of benzene rings is 3. The summed E-state index contributed by atoms with van der Waals surface area (Å²) < 4.78 is 0. The summed E-state index contributed by atoms with van der Waals surface area (Å²) in [6.45, 7) is 4.46. The van der Waals surface area contributed by atoms with E-state index in [9.17, 15) is 9.59 Å². The summed E-state index contributed by atoms with van der Waals surface area (Å²) in [5.41, 5.74) is 4.97. The Balaban J connectivity index is 1.26. The van der Waals surface area contributed by atoms with Crippen molar-refractivity contribution in [1.29, 1.82) is 0 Å². The minimum atomic E-state index is -0.266. The Morgan fingerprint density at radius 1 is 0.921 bits per heavy atom. The molecule has 0 aliphatic carbocycles. The number of imide groups is 1. The van der Waals surface area contributed by atoms with Gasteiger partial charge in [0.25, 0.3) is 11.8 Å². The maximum absolute atomic E-state index is 13.0. The van der Waals surface area contributed by atoms with E-state index in [1.54, 1.807) is 24.3 Å². The fourth-order valence-electron chi connectivity index (χ4n) is 4.87. The first-order valence-corrected chi connectivity index (χ1v) is 13.4. The molecule has 1 atom stereocenters. The molecule has 8 nitrogen and oxygen atoms in total. The number of carbonyl (C=O) groups is 2. The van der Waals surface area contributed by atoms with Gasteiger partial charge in [0.1, 0.15) is 5.01 Å². The molecule has 190 valence electrons. The Hall–Kier alpha value is -4.37. The maximum Gasteiger partial charge on any atom is 0.261 e. The van der Waals surface area contributed by atoms with Gasteiger partial charge in [-0.25, -0.2) is 0 Å². The number of hydrogen-bond acceptors (Lipinski definition) is 7. The van der Waals surface area contributed by atoms with Crippen molar-refractivity contribution in [2.75, 3.05) is 11.9 Å². The SMILES string of the molecule is CC(C)c1n[nH]c2ccc(-c3nnc(N[C@H](Cc4ccccc4)CN4C(=O)c5ccccc5C4=O)s3)cc12. The van der Waals surface area contributed by atoms with E-state index in [4.69, 9.17) is 0 Å². The average Bonchev–Trinajstić information content (AvgIpc) is 3.63. The van der Waals surface area contributed by atoms with E-state index in [2.05, 4.69) is 45.6 Å². The van der Waals surface area contributed by atoms with Gasteiger partial charge in [-0.3, -0.25) is 19.6 Å². The lowest BCUT2D eigenvalue weighted by Gasteiger charge is -2.23. The molecule has 6 rings (SSSR count). The number of fused-ring (bicyclic) bond motifs is 2. The van der Waals surface area contributed by atoms with Crippen LogP contribution in [0.5, 0.6) is 0 Å². The predicted molar refractivity (Wildman–Crippen MR) is 148 cm³/mol. The lowest BCUT2D eigenvalue weighted by atomic mass is 10.0. The summed E-state index contributed by atoms with van der Waals surface area (Å²) in [5.74, 6) is -0.234. The zero-order valence-corrected chi connectivity index (χ0v) is 21.8. The number of amides is 2. The van der Waals surface area contributed by atoms with Crippen LogP contribution in [0.4, 0.5) is 5.13 Å². The van der Waals surface area contributed by atoms with Crippen molar-refractivity contribution >= 4 is 39.2 Å². The van der Waals surface area contributed by atoms with Crippen LogP contribution in [-0.2, 0) is 6.42 Å². The van der Waals surface area contributed by atoms with E-state index in [0.717, 1.165) is 32.7 Å². The van der Waals surface area contributed by atoms with E-state index in [-0.39, 0.29) is 24.4 Å². The normalized spacial score (nSPS) is 13.9.